The molecule has 7 nitrogen and oxygen atoms in total. The third-order valence-corrected chi connectivity index (χ3v) is 4.39. The Labute approximate surface area is 136 Å². The van der Waals surface area contributed by atoms with Gasteiger partial charge in [-0.2, -0.15) is 0 Å². The summed E-state index contributed by atoms with van der Waals surface area (Å²) in [6.45, 7) is 2.54. The molecule has 2 aliphatic rings. The van der Waals surface area contributed by atoms with E-state index in [0.717, 1.165) is 25.7 Å². The second kappa shape index (κ2) is 8.86. The van der Waals surface area contributed by atoms with Crippen LogP contribution in [0.1, 0.15) is 51.9 Å². The normalized spacial score (nSPS) is 21.3. The number of hydrogen-bond donors (Lipinski definition) is 2. The van der Waals surface area contributed by atoms with Crippen LogP contribution >= 0.6 is 0 Å². The van der Waals surface area contributed by atoms with Crippen LogP contribution in [0.25, 0.3) is 0 Å². The topological polar surface area (TPSA) is 93.7 Å². The SMILES string of the molecule is C[C@H](OC(=O)C1CCOCC1)C(=O)NC(=O)NC1CCCCC1. The number of ether oxygens (including phenoxy) is 2. The van der Waals surface area contributed by atoms with Crippen LogP contribution in [0.5, 0.6) is 0 Å². The van der Waals surface area contributed by atoms with Gasteiger partial charge in [0, 0.05) is 19.3 Å². The van der Waals surface area contributed by atoms with Gasteiger partial charge in [-0.3, -0.25) is 14.9 Å². The Balaban J connectivity index is 1.70. The molecule has 2 rings (SSSR count). The number of carbonyl (C=O) groups excluding carboxylic acids is 3. The van der Waals surface area contributed by atoms with Crippen molar-refractivity contribution >= 4 is 17.9 Å². The standard InChI is InChI=1S/C16H26N2O5/c1-11(23-15(20)12-7-9-22-10-8-12)14(19)18-16(21)17-13-5-3-2-4-6-13/h11-13H,2-10H2,1H3,(H2,17,18,19,21)/t11-/m0/s1. The Bertz CT molecular complexity index is 428. The van der Waals surface area contributed by atoms with Gasteiger partial charge in [-0.1, -0.05) is 19.3 Å². The lowest BCUT2D eigenvalue weighted by Crippen LogP contribution is -2.48. The first-order valence-electron chi connectivity index (χ1n) is 8.46. The highest BCUT2D eigenvalue weighted by Gasteiger charge is 2.27. The van der Waals surface area contributed by atoms with Gasteiger partial charge in [0.05, 0.1) is 5.92 Å². The molecule has 23 heavy (non-hydrogen) atoms. The first-order chi connectivity index (χ1) is 11.1. The summed E-state index contributed by atoms with van der Waals surface area (Å²) in [5, 5.41) is 5.04. The molecule has 7 heteroatoms. The zero-order valence-electron chi connectivity index (χ0n) is 13.6. The van der Waals surface area contributed by atoms with Crippen molar-refractivity contribution in [2.24, 2.45) is 5.92 Å². The fourth-order valence-corrected chi connectivity index (χ4v) is 2.94. The van der Waals surface area contributed by atoms with Crippen LogP contribution < -0.4 is 10.6 Å². The highest BCUT2D eigenvalue weighted by atomic mass is 16.5. The van der Waals surface area contributed by atoms with Crippen molar-refractivity contribution in [3.8, 4) is 0 Å². The van der Waals surface area contributed by atoms with Crippen molar-refractivity contribution in [1.29, 1.82) is 0 Å². The molecule has 1 heterocycles. The van der Waals surface area contributed by atoms with Crippen molar-refractivity contribution in [3.63, 3.8) is 0 Å². The van der Waals surface area contributed by atoms with Crippen LogP contribution in [0.15, 0.2) is 0 Å². The summed E-state index contributed by atoms with van der Waals surface area (Å²) in [6, 6.07) is -0.396. The van der Waals surface area contributed by atoms with E-state index in [1.807, 2.05) is 0 Å². The minimum atomic E-state index is -0.984. The molecule has 0 aromatic heterocycles. The second-order valence-electron chi connectivity index (χ2n) is 6.26. The summed E-state index contributed by atoms with van der Waals surface area (Å²) in [4.78, 5) is 35.7. The molecule has 1 atom stereocenters. The molecule has 1 aliphatic heterocycles. The Kier molecular flexibility index (Phi) is 6.83. The molecule has 0 bridgehead atoms. The molecular weight excluding hydrogens is 300 g/mol. The molecule has 1 aliphatic carbocycles. The monoisotopic (exact) mass is 326 g/mol. The number of nitrogens with one attached hydrogen (secondary N) is 2. The zero-order valence-corrected chi connectivity index (χ0v) is 13.6. The fraction of sp³-hybridized carbons (Fsp3) is 0.812. The lowest BCUT2D eigenvalue weighted by Gasteiger charge is -2.24. The molecule has 0 spiro atoms. The van der Waals surface area contributed by atoms with Crippen LogP contribution in [-0.2, 0) is 19.1 Å². The van der Waals surface area contributed by atoms with Crippen molar-refractivity contribution in [3.05, 3.63) is 0 Å². The Morgan fingerprint density at radius 3 is 2.35 bits per heavy atom. The molecule has 2 N–H and O–H groups in total. The number of urea groups is 1. The molecule has 2 fully saturated rings. The van der Waals surface area contributed by atoms with Crippen LogP contribution in [-0.4, -0.2) is 43.3 Å². The Morgan fingerprint density at radius 1 is 1.04 bits per heavy atom. The van der Waals surface area contributed by atoms with Gasteiger partial charge in [0.2, 0.25) is 0 Å². The van der Waals surface area contributed by atoms with Gasteiger partial charge in [0.25, 0.3) is 5.91 Å². The van der Waals surface area contributed by atoms with Crippen LogP contribution in [0.3, 0.4) is 0 Å². The van der Waals surface area contributed by atoms with Gasteiger partial charge in [0.1, 0.15) is 0 Å². The van der Waals surface area contributed by atoms with Gasteiger partial charge in [-0.05, 0) is 32.6 Å². The van der Waals surface area contributed by atoms with E-state index in [1.165, 1.54) is 13.3 Å². The summed E-state index contributed by atoms with van der Waals surface area (Å²) in [6.07, 6.45) is 5.49. The maximum absolute atomic E-state index is 12.0. The highest BCUT2D eigenvalue weighted by molar-refractivity contribution is 5.97. The molecule has 1 saturated carbocycles. The summed E-state index contributed by atoms with van der Waals surface area (Å²) in [7, 11) is 0. The van der Waals surface area contributed by atoms with Gasteiger partial charge < -0.3 is 14.8 Å². The third kappa shape index (κ3) is 5.82. The number of hydrogen-bond acceptors (Lipinski definition) is 5. The molecule has 3 amide bonds. The van der Waals surface area contributed by atoms with Gasteiger partial charge in [-0.15, -0.1) is 0 Å². The van der Waals surface area contributed by atoms with Gasteiger partial charge >= 0.3 is 12.0 Å². The quantitative estimate of drug-likeness (QED) is 0.764. The first-order valence-corrected chi connectivity index (χ1v) is 8.46. The minimum absolute atomic E-state index is 0.122. The lowest BCUT2D eigenvalue weighted by atomic mass is 9.96. The average Bonchev–Trinajstić information content (AvgIpc) is 2.56. The zero-order chi connectivity index (χ0) is 16.7. The number of rotatable bonds is 4. The van der Waals surface area contributed by atoms with E-state index in [4.69, 9.17) is 9.47 Å². The van der Waals surface area contributed by atoms with E-state index in [-0.39, 0.29) is 12.0 Å². The number of amides is 3. The summed E-state index contributed by atoms with van der Waals surface area (Å²) < 4.78 is 10.3. The van der Waals surface area contributed by atoms with Crippen molar-refractivity contribution in [2.45, 2.75) is 64.0 Å². The Morgan fingerprint density at radius 2 is 1.70 bits per heavy atom. The van der Waals surface area contributed by atoms with E-state index in [2.05, 4.69) is 10.6 Å². The third-order valence-electron chi connectivity index (χ3n) is 4.39. The molecule has 0 aromatic rings. The van der Waals surface area contributed by atoms with Crippen LogP contribution in [0, 0.1) is 5.92 Å². The molecular formula is C16H26N2O5. The first kappa shape index (κ1) is 17.7. The van der Waals surface area contributed by atoms with E-state index >= 15 is 0 Å². The predicted molar refractivity (Wildman–Crippen MR) is 82.6 cm³/mol. The number of esters is 1. The predicted octanol–water partition coefficient (Wildman–Crippen LogP) is 1.50. The van der Waals surface area contributed by atoms with Crippen molar-refractivity contribution in [2.75, 3.05) is 13.2 Å². The molecule has 0 aromatic carbocycles. The van der Waals surface area contributed by atoms with Crippen LogP contribution in [0.4, 0.5) is 4.79 Å². The Hall–Kier alpha value is -1.63. The van der Waals surface area contributed by atoms with Crippen molar-refractivity contribution < 1.29 is 23.9 Å². The largest absolute Gasteiger partial charge is 0.452 e. The molecule has 130 valence electrons. The fourth-order valence-electron chi connectivity index (χ4n) is 2.94. The summed E-state index contributed by atoms with van der Waals surface area (Å²) in [5.41, 5.74) is 0. The smallest absolute Gasteiger partial charge is 0.321 e. The minimum Gasteiger partial charge on any atom is -0.452 e. The van der Waals surface area contributed by atoms with E-state index in [1.54, 1.807) is 0 Å². The summed E-state index contributed by atoms with van der Waals surface area (Å²) >= 11 is 0. The lowest BCUT2D eigenvalue weighted by molar-refractivity contribution is -0.161. The molecule has 0 unspecified atom stereocenters. The molecule has 0 radical (unpaired) electrons. The highest BCUT2D eigenvalue weighted by Crippen LogP contribution is 2.18. The van der Waals surface area contributed by atoms with E-state index in [0.29, 0.717) is 26.1 Å². The molecule has 1 saturated heterocycles. The average molecular weight is 326 g/mol. The maximum atomic E-state index is 12.0. The number of imide groups is 1. The van der Waals surface area contributed by atoms with Crippen LogP contribution in [0.2, 0.25) is 0 Å². The summed E-state index contributed by atoms with van der Waals surface area (Å²) in [5.74, 6) is -1.22. The van der Waals surface area contributed by atoms with Gasteiger partial charge in [-0.25, -0.2) is 4.79 Å². The number of carbonyl (C=O) groups is 3. The maximum Gasteiger partial charge on any atom is 0.321 e. The van der Waals surface area contributed by atoms with Gasteiger partial charge in [0.15, 0.2) is 6.10 Å². The van der Waals surface area contributed by atoms with E-state index < -0.39 is 24.0 Å². The van der Waals surface area contributed by atoms with Crippen molar-refractivity contribution in [1.82, 2.24) is 10.6 Å². The van der Waals surface area contributed by atoms with E-state index in [9.17, 15) is 14.4 Å². The second-order valence-corrected chi connectivity index (χ2v) is 6.26.